The lowest BCUT2D eigenvalue weighted by Gasteiger charge is -2.13. The molecule has 1 aliphatic carbocycles. The first kappa shape index (κ1) is 15.8. The summed E-state index contributed by atoms with van der Waals surface area (Å²) in [6.07, 6.45) is 2.76. The molecule has 2 heterocycles. The number of aryl methyl sites for hydroxylation is 1. The molecule has 0 spiro atoms. The number of nitrogens with zero attached hydrogens (tertiary/aromatic N) is 2. The third-order valence-electron chi connectivity index (χ3n) is 4.63. The highest BCUT2D eigenvalue weighted by Gasteiger charge is 2.27. The number of hydrogen-bond donors (Lipinski definition) is 1. The summed E-state index contributed by atoms with van der Waals surface area (Å²) in [5, 5.41) is 3.29. The van der Waals surface area contributed by atoms with E-state index in [1.165, 1.54) is 0 Å². The maximum Gasteiger partial charge on any atom is 0.338 e. The van der Waals surface area contributed by atoms with Crippen LogP contribution in [-0.4, -0.2) is 33.6 Å². The molecule has 7 nitrogen and oxygen atoms in total. The molecular formula is C18H19N3O4. The summed E-state index contributed by atoms with van der Waals surface area (Å²) in [5.74, 6) is -0.131. The van der Waals surface area contributed by atoms with Gasteiger partial charge in [-0.25, -0.2) is 9.78 Å². The number of ether oxygens (including phenoxy) is 1. The van der Waals surface area contributed by atoms with Crippen LogP contribution in [0.25, 0.3) is 10.9 Å². The third kappa shape index (κ3) is 3.01. The summed E-state index contributed by atoms with van der Waals surface area (Å²) < 4.78 is 6.92. The van der Waals surface area contributed by atoms with E-state index in [0.29, 0.717) is 17.4 Å². The molecule has 1 aromatic heterocycles. The maximum atomic E-state index is 12.4. The zero-order valence-electron chi connectivity index (χ0n) is 13.9. The van der Waals surface area contributed by atoms with Gasteiger partial charge in [0.2, 0.25) is 0 Å². The van der Waals surface area contributed by atoms with E-state index in [2.05, 4.69) is 10.3 Å². The number of esters is 1. The summed E-state index contributed by atoms with van der Waals surface area (Å²) in [4.78, 5) is 41.1. The number of benzene rings is 1. The van der Waals surface area contributed by atoms with Gasteiger partial charge in [-0.2, -0.15) is 0 Å². The molecule has 1 fully saturated rings. The largest absolute Gasteiger partial charge is 0.449 e. The molecule has 1 amide bonds. The molecule has 1 aromatic carbocycles. The highest BCUT2D eigenvalue weighted by atomic mass is 16.5. The monoisotopic (exact) mass is 341 g/mol. The average molecular weight is 341 g/mol. The molecule has 0 saturated heterocycles. The Morgan fingerprint density at radius 1 is 1.36 bits per heavy atom. The van der Waals surface area contributed by atoms with Crippen molar-refractivity contribution in [2.45, 2.75) is 51.3 Å². The zero-order valence-corrected chi connectivity index (χ0v) is 13.9. The van der Waals surface area contributed by atoms with Gasteiger partial charge < -0.3 is 10.1 Å². The minimum Gasteiger partial charge on any atom is -0.449 e. The molecule has 0 unspecified atom stereocenters. The van der Waals surface area contributed by atoms with Crippen LogP contribution >= 0.6 is 0 Å². The lowest BCUT2D eigenvalue weighted by atomic mass is 10.1. The minimum atomic E-state index is -0.859. The fourth-order valence-electron chi connectivity index (χ4n) is 3.04. The number of carbonyl (C=O) groups excluding carboxylic acids is 2. The standard InChI is InChI=1S/C18H19N3O4/c1-10(16(22)19-12-5-6-12)25-18(24)11-4-7-13-14(9-11)20-15-3-2-8-21(15)17(13)23/h4,7,9-10,12H,2-3,5-6,8H2,1H3,(H,19,22)/t10-/m0/s1. The van der Waals surface area contributed by atoms with E-state index in [0.717, 1.165) is 31.5 Å². The van der Waals surface area contributed by atoms with Crippen molar-refractivity contribution in [3.05, 3.63) is 39.9 Å². The van der Waals surface area contributed by atoms with Crippen molar-refractivity contribution in [3.8, 4) is 0 Å². The second-order valence-electron chi connectivity index (χ2n) is 6.65. The van der Waals surface area contributed by atoms with Gasteiger partial charge in [0.25, 0.3) is 11.5 Å². The molecule has 7 heteroatoms. The van der Waals surface area contributed by atoms with Crippen molar-refractivity contribution in [1.29, 1.82) is 0 Å². The molecule has 1 atom stereocenters. The van der Waals surface area contributed by atoms with Crippen molar-refractivity contribution in [2.24, 2.45) is 0 Å². The van der Waals surface area contributed by atoms with Gasteiger partial charge in [0.1, 0.15) is 5.82 Å². The van der Waals surface area contributed by atoms with Crippen LogP contribution in [0.5, 0.6) is 0 Å². The van der Waals surface area contributed by atoms with E-state index < -0.39 is 12.1 Å². The number of aromatic nitrogens is 2. The van der Waals surface area contributed by atoms with E-state index in [-0.39, 0.29) is 23.1 Å². The molecule has 0 radical (unpaired) electrons. The molecule has 2 aliphatic rings. The first-order valence-corrected chi connectivity index (χ1v) is 8.58. The summed E-state index contributed by atoms with van der Waals surface area (Å²) in [6, 6.07) is 4.92. The van der Waals surface area contributed by atoms with E-state index in [1.54, 1.807) is 29.7 Å². The lowest BCUT2D eigenvalue weighted by molar-refractivity contribution is -0.129. The molecule has 25 heavy (non-hydrogen) atoms. The summed E-state index contributed by atoms with van der Waals surface area (Å²) >= 11 is 0. The molecule has 2 aromatic rings. The summed E-state index contributed by atoms with van der Waals surface area (Å²) in [6.45, 7) is 2.24. The second kappa shape index (κ2) is 5.98. The highest BCUT2D eigenvalue weighted by molar-refractivity contribution is 5.95. The van der Waals surface area contributed by atoms with Crippen LogP contribution in [0.2, 0.25) is 0 Å². The lowest BCUT2D eigenvalue weighted by Crippen LogP contribution is -2.37. The highest BCUT2D eigenvalue weighted by Crippen LogP contribution is 2.19. The summed E-state index contributed by atoms with van der Waals surface area (Å²) in [5.41, 5.74) is 0.700. The summed E-state index contributed by atoms with van der Waals surface area (Å²) in [7, 11) is 0. The predicted molar refractivity (Wildman–Crippen MR) is 90.4 cm³/mol. The van der Waals surface area contributed by atoms with Crippen molar-refractivity contribution in [1.82, 2.24) is 14.9 Å². The number of carbonyl (C=O) groups is 2. The fraction of sp³-hybridized carbons (Fsp3) is 0.444. The number of amides is 1. The molecule has 1 N–H and O–H groups in total. The van der Waals surface area contributed by atoms with Gasteiger partial charge in [-0.05, 0) is 44.4 Å². The average Bonchev–Trinajstić information content (AvgIpc) is 3.28. The Kier molecular flexibility index (Phi) is 3.78. The molecule has 0 bridgehead atoms. The topological polar surface area (TPSA) is 90.3 Å². The van der Waals surface area contributed by atoms with Gasteiger partial charge in [0, 0.05) is 19.0 Å². The second-order valence-corrected chi connectivity index (χ2v) is 6.65. The first-order chi connectivity index (χ1) is 12.0. The van der Waals surface area contributed by atoms with Crippen molar-refractivity contribution in [3.63, 3.8) is 0 Å². The van der Waals surface area contributed by atoms with Crippen LogP contribution in [0.3, 0.4) is 0 Å². The SMILES string of the molecule is C[C@H](OC(=O)c1ccc2c(=O)n3c(nc2c1)CCC3)C(=O)NC1CC1. The number of hydrogen-bond acceptors (Lipinski definition) is 5. The normalized spacial score (nSPS) is 17.2. The number of rotatable bonds is 4. The van der Waals surface area contributed by atoms with Crippen molar-refractivity contribution >= 4 is 22.8 Å². The quantitative estimate of drug-likeness (QED) is 0.843. The van der Waals surface area contributed by atoms with E-state index >= 15 is 0 Å². The van der Waals surface area contributed by atoms with Crippen molar-refractivity contribution in [2.75, 3.05) is 0 Å². The van der Waals surface area contributed by atoms with Crippen LogP contribution in [0.15, 0.2) is 23.0 Å². The van der Waals surface area contributed by atoms with Gasteiger partial charge in [-0.15, -0.1) is 0 Å². The molecule has 4 rings (SSSR count). The fourth-order valence-corrected chi connectivity index (χ4v) is 3.04. The zero-order chi connectivity index (χ0) is 17.6. The Balaban J connectivity index is 1.56. The van der Waals surface area contributed by atoms with Crippen LogP contribution in [0, 0.1) is 0 Å². The van der Waals surface area contributed by atoms with Crippen LogP contribution in [-0.2, 0) is 22.5 Å². The Hall–Kier alpha value is -2.70. The van der Waals surface area contributed by atoms with Gasteiger partial charge in [0.15, 0.2) is 6.10 Å². The maximum absolute atomic E-state index is 12.4. The Morgan fingerprint density at radius 3 is 2.92 bits per heavy atom. The number of nitrogens with one attached hydrogen (secondary N) is 1. The van der Waals surface area contributed by atoms with E-state index in [4.69, 9.17) is 4.74 Å². The Labute approximate surface area is 144 Å². The predicted octanol–water partition coefficient (Wildman–Crippen LogP) is 1.17. The van der Waals surface area contributed by atoms with E-state index in [1.807, 2.05) is 0 Å². The Morgan fingerprint density at radius 2 is 2.16 bits per heavy atom. The van der Waals surface area contributed by atoms with Gasteiger partial charge in [-0.1, -0.05) is 0 Å². The van der Waals surface area contributed by atoms with Crippen LogP contribution in [0.4, 0.5) is 0 Å². The Bertz CT molecular complexity index is 930. The molecular weight excluding hydrogens is 322 g/mol. The van der Waals surface area contributed by atoms with Gasteiger partial charge >= 0.3 is 5.97 Å². The first-order valence-electron chi connectivity index (χ1n) is 8.58. The molecule has 130 valence electrons. The molecule has 1 saturated carbocycles. The molecule has 1 aliphatic heterocycles. The third-order valence-corrected chi connectivity index (χ3v) is 4.63. The smallest absolute Gasteiger partial charge is 0.338 e. The number of fused-ring (bicyclic) bond motifs is 2. The van der Waals surface area contributed by atoms with Crippen molar-refractivity contribution < 1.29 is 14.3 Å². The van der Waals surface area contributed by atoms with Crippen LogP contribution < -0.4 is 10.9 Å². The van der Waals surface area contributed by atoms with Gasteiger partial charge in [0.05, 0.1) is 16.5 Å². The minimum absolute atomic E-state index is 0.0744. The van der Waals surface area contributed by atoms with Gasteiger partial charge in [-0.3, -0.25) is 14.2 Å². The van der Waals surface area contributed by atoms with Crippen LogP contribution in [0.1, 0.15) is 42.4 Å². The van der Waals surface area contributed by atoms with E-state index in [9.17, 15) is 14.4 Å².